The first-order valence-electron chi connectivity index (χ1n) is 10.1. The number of rotatable bonds is 10. The van der Waals surface area contributed by atoms with Crippen LogP contribution < -0.4 is 14.9 Å². The lowest BCUT2D eigenvalue weighted by Crippen LogP contribution is -2.16. The molecule has 1 amide bonds. The topological polar surface area (TPSA) is 129 Å². The van der Waals surface area contributed by atoms with E-state index in [0.29, 0.717) is 38.4 Å². The van der Waals surface area contributed by atoms with E-state index in [1.165, 1.54) is 29.7 Å². The molecule has 0 saturated carbocycles. The molecule has 0 aliphatic heterocycles. The van der Waals surface area contributed by atoms with Gasteiger partial charge in [-0.2, -0.15) is 5.10 Å². The SMILES string of the molecule is CCOC(=O)COc1c(Br)cc(/C=N\NC(=O)c2cc3cc([N+](=O)[O-])ccc3s2)cc1OCC. The number of hydrogen-bond acceptors (Lipinski definition) is 9. The molecule has 2 aromatic carbocycles. The second-order valence-corrected chi connectivity index (χ2v) is 8.58. The number of thiophene rings is 1. The second-order valence-electron chi connectivity index (χ2n) is 6.65. The number of nitrogens with zero attached hydrogens (tertiary/aromatic N) is 2. The fourth-order valence-corrected chi connectivity index (χ4v) is 4.38. The van der Waals surface area contributed by atoms with Crippen LogP contribution in [-0.4, -0.2) is 42.8 Å². The van der Waals surface area contributed by atoms with Gasteiger partial charge < -0.3 is 14.2 Å². The van der Waals surface area contributed by atoms with E-state index in [2.05, 4.69) is 26.5 Å². The molecule has 3 rings (SSSR count). The summed E-state index contributed by atoms with van der Waals surface area (Å²) in [4.78, 5) is 34.9. The van der Waals surface area contributed by atoms with Crippen LogP contribution in [0.25, 0.3) is 10.1 Å². The first-order valence-corrected chi connectivity index (χ1v) is 11.7. The Hall–Kier alpha value is -3.51. The number of nitro groups is 1. The number of nitrogens with one attached hydrogen (secondary N) is 1. The van der Waals surface area contributed by atoms with Crippen molar-refractivity contribution in [2.45, 2.75) is 13.8 Å². The Bertz CT molecular complexity index is 1260. The summed E-state index contributed by atoms with van der Waals surface area (Å²) >= 11 is 4.60. The zero-order chi connectivity index (χ0) is 24.7. The van der Waals surface area contributed by atoms with Crippen LogP contribution in [0, 0.1) is 10.1 Å². The Morgan fingerprint density at radius 2 is 1.97 bits per heavy atom. The Morgan fingerprint density at radius 1 is 1.18 bits per heavy atom. The number of nitro benzene ring substituents is 1. The van der Waals surface area contributed by atoms with Gasteiger partial charge in [0.05, 0.1) is 33.7 Å². The minimum atomic E-state index is -0.499. The molecule has 1 heterocycles. The van der Waals surface area contributed by atoms with Gasteiger partial charge in [0.2, 0.25) is 0 Å². The fourth-order valence-electron chi connectivity index (χ4n) is 2.88. The lowest BCUT2D eigenvalue weighted by molar-refractivity contribution is -0.384. The van der Waals surface area contributed by atoms with Gasteiger partial charge >= 0.3 is 5.97 Å². The molecule has 12 heteroatoms. The first-order chi connectivity index (χ1) is 16.3. The maximum atomic E-state index is 12.5. The van der Waals surface area contributed by atoms with E-state index in [4.69, 9.17) is 14.2 Å². The maximum absolute atomic E-state index is 12.5. The summed E-state index contributed by atoms with van der Waals surface area (Å²) in [5.41, 5.74) is 3.01. The number of benzene rings is 2. The summed E-state index contributed by atoms with van der Waals surface area (Å²) in [6.07, 6.45) is 1.43. The molecule has 0 atom stereocenters. The molecule has 1 aromatic heterocycles. The van der Waals surface area contributed by atoms with E-state index >= 15 is 0 Å². The summed E-state index contributed by atoms with van der Waals surface area (Å²) in [6, 6.07) is 9.35. The van der Waals surface area contributed by atoms with Crippen molar-refractivity contribution in [2.24, 2.45) is 5.10 Å². The Morgan fingerprint density at radius 3 is 2.68 bits per heavy atom. The van der Waals surface area contributed by atoms with Crippen LogP contribution in [0.3, 0.4) is 0 Å². The van der Waals surface area contributed by atoms with E-state index in [1.807, 2.05) is 6.92 Å². The summed E-state index contributed by atoms with van der Waals surface area (Å²) in [7, 11) is 0. The Labute approximate surface area is 206 Å². The van der Waals surface area contributed by atoms with E-state index < -0.39 is 16.8 Å². The highest BCUT2D eigenvalue weighted by Crippen LogP contribution is 2.36. The van der Waals surface area contributed by atoms with Crippen molar-refractivity contribution in [3.8, 4) is 11.5 Å². The van der Waals surface area contributed by atoms with Gasteiger partial charge in [0.1, 0.15) is 0 Å². The van der Waals surface area contributed by atoms with E-state index in [-0.39, 0.29) is 18.9 Å². The van der Waals surface area contributed by atoms with Crippen molar-refractivity contribution in [2.75, 3.05) is 19.8 Å². The normalized spacial score (nSPS) is 10.9. The highest BCUT2D eigenvalue weighted by molar-refractivity contribution is 9.10. The van der Waals surface area contributed by atoms with Gasteiger partial charge in [-0.3, -0.25) is 14.9 Å². The molecular weight excluding hydrogens is 530 g/mol. The standard InChI is InChI=1S/C22H20BrN3O7S/c1-3-31-17-8-13(7-16(23)21(17)33-12-20(27)32-4-2)11-24-25-22(28)19-10-14-9-15(26(29)30)5-6-18(14)34-19/h5-11H,3-4,12H2,1-2H3,(H,25,28)/b24-11-. The van der Waals surface area contributed by atoms with Crippen LogP contribution >= 0.6 is 27.3 Å². The number of carbonyl (C=O) groups excluding carboxylic acids is 2. The van der Waals surface area contributed by atoms with Crippen molar-refractivity contribution in [1.29, 1.82) is 0 Å². The molecule has 10 nitrogen and oxygen atoms in total. The zero-order valence-electron chi connectivity index (χ0n) is 18.2. The predicted molar refractivity (Wildman–Crippen MR) is 131 cm³/mol. The van der Waals surface area contributed by atoms with Gasteiger partial charge in [-0.15, -0.1) is 11.3 Å². The summed E-state index contributed by atoms with van der Waals surface area (Å²) in [5, 5.41) is 15.5. The molecule has 1 N–H and O–H groups in total. The van der Waals surface area contributed by atoms with Crippen molar-refractivity contribution in [1.82, 2.24) is 5.43 Å². The van der Waals surface area contributed by atoms with Gasteiger partial charge in [0.15, 0.2) is 18.1 Å². The third kappa shape index (κ3) is 6.29. The number of amides is 1. The zero-order valence-corrected chi connectivity index (χ0v) is 20.6. The first kappa shape index (κ1) is 25.1. The summed E-state index contributed by atoms with van der Waals surface area (Å²) in [5.74, 6) is -0.213. The van der Waals surface area contributed by atoms with Gasteiger partial charge in [-0.05, 0) is 59.6 Å². The van der Waals surface area contributed by atoms with Crippen LogP contribution in [0.1, 0.15) is 29.1 Å². The van der Waals surface area contributed by atoms with Crippen LogP contribution in [0.5, 0.6) is 11.5 Å². The number of hydrogen-bond donors (Lipinski definition) is 1. The maximum Gasteiger partial charge on any atom is 0.344 e. The Kier molecular flexibility index (Phi) is 8.55. The molecule has 3 aromatic rings. The number of hydrazone groups is 1. The quantitative estimate of drug-likeness (QED) is 0.168. The largest absolute Gasteiger partial charge is 0.490 e. The van der Waals surface area contributed by atoms with E-state index in [0.717, 1.165) is 4.70 Å². The third-order valence-electron chi connectivity index (χ3n) is 4.29. The molecule has 0 fully saturated rings. The highest BCUT2D eigenvalue weighted by Gasteiger charge is 2.15. The Balaban J connectivity index is 1.72. The molecule has 34 heavy (non-hydrogen) atoms. The van der Waals surface area contributed by atoms with Crippen LogP contribution in [0.15, 0.2) is 46.0 Å². The lowest BCUT2D eigenvalue weighted by Gasteiger charge is -2.14. The number of halogens is 1. The van der Waals surface area contributed by atoms with E-state index in [1.54, 1.807) is 31.2 Å². The molecular formula is C22H20BrN3O7S. The second kappa shape index (κ2) is 11.6. The minimum Gasteiger partial charge on any atom is -0.490 e. The van der Waals surface area contributed by atoms with Crippen LogP contribution in [0.2, 0.25) is 0 Å². The predicted octanol–water partition coefficient (Wildman–Crippen LogP) is 4.68. The van der Waals surface area contributed by atoms with Crippen molar-refractivity contribution in [3.63, 3.8) is 0 Å². The highest BCUT2D eigenvalue weighted by atomic mass is 79.9. The van der Waals surface area contributed by atoms with Crippen molar-refractivity contribution >= 4 is 61.1 Å². The average molecular weight is 550 g/mol. The van der Waals surface area contributed by atoms with Crippen LogP contribution in [0.4, 0.5) is 5.69 Å². The van der Waals surface area contributed by atoms with E-state index in [9.17, 15) is 19.7 Å². The van der Waals surface area contributed by atoms with Crippen molar-refractivity contribution in [3.05, 3.63) is 61.4 Å². The average Bonchev–Trinajstić information content (AvgIpc) is 3.22. The third-order valence-corrected chi connectivity index (χ3v) is 5.99. The molecule has 0 aliphatic rings. The minimum absolute atomic E-state index is 0.0411. The molecule has 0 bridgehead atoms. The van der Waals surface area contributed by atoms with Gasteiger partial charge in [0, 0.05) is 22.2 Å². The van der Waals surface area contributed by atoms with Crippen LogP contribution in [-0.2, 0) is 9.53 Å². The fraction of sp³-hybridized carbons (Fsp3) is 0.227. The van der Waals surface area contributed by atoms with Crippen molar-refractivity contribution < 1.29 is 28.7 Å². The number of carbonyl (C=O) groups is 2. The molecule has 0 unspecified atom stereocenters. The number of fused-ring (bicyclic) bond motifs is 1. The molecule has 0 saturated heterocycles. The number of non-ortho nitro benzene ring substituents is 1. The number of esters is 1. The smallest absolute Gasteiger partial charge is 0.344 e. The van der Waals surface area contributed by atoms with Gasteiger partial charge in [0.25, 0.3) is 11.6 Å². The molecule has 0 radical (unpaired) electrons. The molecule has 0 aliphatic carbocycles. The van der Waals surface area contributed by atoms with Gasteiger partial charge in [-0.25, -0.2) is 10.2 Å². The number of ether oxygens (including phenoxy) is 3. The summed E-state index contributed by atoms with van der Waals surface area (Å²) < 4.78 is 17.3. The lowest BCUT2D eigenvalue weighted by atomic mass is 10.2. The molecule has 0 spiro atoms. The monoisotopic (exact) mass is 549 g/mol. The molecule has 178 valence electrons. The van der Waals surface area contributed by atoms with Gasteiger partial charge in [-0.1, -0.05) is 0 Å². The summed E-state index contributed by atoms with van der Waals surface area (Å²) in [6.45, 7) is 3.87.